The van der Waals surface area contributed by atoms with Gasteiger partial charge in [0, 0.05) is 24.8 Å². The minimum Gasteiger partial charge on any atom is -0.320 e. The SMILES string of the molecule is [CH2]CC(C[CH2])N1CCN(c2ccccc2)C1=O. The van der Waals surface area contributed by atoms with E-state index in [1.807, 2.05) is 40.1 Å². The van der Waals surface area contributed by atoms with Crippen LogP contribution >= 0.6 is 0 Å². The van der Waals surface area contributed by atoms with Crippen molar-refractivity contribution in [1.29, 1.82) is 0 Å². The summed E-state index contributed by atoms with van der Waals surface area (Å²) in [6.45, 7) is 9.28. The Kier molecular flexibility index (Phi) is 3.67. The van der Waals surface area contributed by atoms with Crippen molar-refractivity contribution in [2.75, 3.05) is 18.0 Å². The number of hydrogen-bond donors (Lipinski definition) is 0. The third-order valence-corrected chi connectivity index (χ3v) is 3.22. The monoisotopic (exact) mass is 230 g/mol. The Hall–Kier alpha value is -1.51. The highest BCUT2D eigenvalue weighted by Gasteiger charge is 2.32. The number of benzene rings is 1. The van der Waals surface area contributed by atoms with E-state index >= 15 is 0 Å². The number of amides is 2. The summed E-state index contributed by atoms with van der Waals surface area (Å²) in [6, 6.07) is 10.0. The lowest BCUT2D eigenvalue weighted by atomic mass is 10.1. The van der Waals surface area contributed by atoms with Gasteiger partial charge in [0.1, 0.15) is 0 Å². The lowest BCUT2D eigenvalue weighted by molar-refractivity contribution is 0.201. The summed E-state index contributed by atoms with van der Waals surface area (Å²) in [5.74, 6) is 0. The van der Waals surface area contributed by atoms with Gasteiger partial charge in [-0.2, -0.15) is 0 Å². The van der Waals surface area contributed by atoms with Gasteiger partial charge in [-0.25, -0.2) is 4.79 Å². The molecule has 0 saturated carbocycles. The van der Waals surface area contributed by atoms with E-state index in [1.54, 1.807) is 0 Å². The van der Waals surface area contributed by atoms with Gasteiger partial charge in [0.05, 0.1) is 0 Å². The van der Waals surface area contributed by atoms with E-state index in [1.165, 1.54) is 0 Å². The van der Waals surface area contributed by atoms with Crippen LogP contribution in [-0.2, 0) is 0 Å². The number of carbonyl (C=O) groups excluding carboxylic acids is 1. The summed E-state index contributed by atoms with van der Waals surface area (Å²) in [5, 5.41) is 0. The maximum absolute atomic E-state index is 12.3. The van der Waals surface area contributed by atoms with Crippen molar-refractivity contribution >= 4 is 11.7 Å². The average molecular weight is 230 g/mol. The second-order valence-electron chi connectivity index (χ2n) is 4.19. The van der Waals surface area contributed by atoms with Crippen molar-refractivity contribution in [2.45, 2.75) is 18.9 Å². The summed E-state index contributed by atoms with van der Waals surface area (Å²) in [4.78, 5) is 16.0. The van der Waals surface area contributed by atoms with E-state index in [0.29, 0.717) is 0 Å². The molecule has 17 heavy (non-hydrogen) atoms. The molecule has 0 aromatic heterocycles. The fourth-order valence-electron chi connectivity index (χ4n) is 2.20. The Morgan fingerprint density at radius 1 is 1.12 bits per heavy atom. The molecule has 0 aliphatic carbocycles. The third kappa shape index (κ3) is 2.28. The Morgan fingerprint density at radius 3 is 2.35 bits per heavy atom. The van der Waals surface area contributed by atoms with Gasteiger partial charge in [-0.05, 0) is 25.0 Å². The van der Waals surface area contributed by atoms with Gasteiger partial charge in [-0.1, -0.05) is 32.0 Å². The molecule has 1 aromatic rings. The highest BCUT2D eigenvalue weighted by atomic mass is 16.2. The number of para-hydroxylation sites is 1. The number of carbonyl (C=O) groups is 1. The Bertz CT molecular complexity index is 373. The molecule has 1 heterocycles. The highest BCUT2D eigenvalue weighted by Crippen LogP contribution is 2.22. The van der Waals surface area contributed by atoms with E-state index in [0.717, 1.165) is 31.6 Å². The van der Waals surface area contributed by atoms with Crippen LogP contribution in [-0.4, -0.2) is 30.1 Å². The van der Waals surface area contributed by atoms with Gasteiger partial charge >= 0.3 is 6.03 Å². The normalized spacial score (nSPS) is 16.1. The van der Waals surface area contributed by atoms with E-state index in [2.05, 4.69) is 13.8 Å². The molecular formula is C14H18N2O. The summed E-state index contributed by atoms with van der Waals surface area (Å²) in [5.41, 5.74) is 0.965. The first-order chi connectivity index (χ1) is 8.27. The van der Waals surface area contributed by atoms with Crippen LogP contribution in [0.15, 0.2) is 30.3 Å². The number of urea groups is 1. The van der Waals surface area contributed by atoms with Gasteiger partial charge < -0.3 is 4.90 Å². The van der Waals surface area contributed by atoms with Crippen LogP contribution in [0.3, 0.4) is 0 Å². The van der Waals surface area contributed by atoms with Crippen molar-refractivity contribution in [2.24, 2.45) is 0 Å². The van der Waals surface area contributed by atoms with Gasteiger partial charge in [-0.3, -0.25) is 4.90 Å². The first-order valence-corrected chi connectivity index (χ1v) is 5.99. The molecule has 3 heteroatoms. The van der Waals surface area contributed by atoms with Crippen LogP contribution in [0.5, 0.6) is 0 Å². The minimum atomic E-state index is 0.0773. The molecule has 0 N–H and O–H groups in total. The summed E-state index contributed by atoms with van der Waals surface area (Å²) >= 11 is 0. The zero-order chi connectivity index (χ0) is 12.3. The van der Waals surface area contributed by atoms with Crippen molar-refractivity contribution in [3.8, 4) is 0 Å². The minimum absolute atomic E-state index is 0.0773. The maximum Gasteiger partial charge on any atom is 0.324 e. The van der Waals surface area contributed by atoms with Crippen LogP contribution in [0.4, 0.5) is 10.5 Å². The molecule has 1 aliphatic rings. The van der Waals surface area contributed by atoms with Crippen LogP contribution in [0.1, 0.15) is 12.8 Å². The molecule has 2 rings (SSSR count). The molecular weight excluding hydrogens is 212 g/mol. The topological polar surface area (TPSA) is 23.6 Å². The van der Waals surface area contributed by atoms with Crippen LogP contribution in [0.25, 0.3) is 0 Å². The molecule has 2 radical (unpaired) electrons. The third-order valence-electron chi connectivity index (χ3n) is 3.22. The first-order valence-electron chi connectivity index (χ1n) is 5.99. The first kappa shape index (κ1) is 12.0. The van der Waals surface area contributed by atoms with Gasteiger partial charge in [0.2, 0.25) is 0 Å². The zero-order valence-corrected chi connectivity index (χ0v) is 10.0. The lowest BCUT2D eigenvalue weighted by Gasteiger charge is -2.25. The summed E-state index contributed by atoms with van der Waals surface area (Å²) in [7, 11) is 0. The molecule has 0 bridgehead atoms. The Morgan fingerprint density at radius 2 is 1.76 bits per heavy atom. The molecule has 2 amide bonds. The Balaban J connectivity index is 2.13. The smallest absolute Gasteiger partial charge is 0.320 e. The molecule has 3 nitrogen and oxygen atoms in total. The Labute approximate surface area is 103 Å². The van der Waals surface area contributed by atoms with Crippen LogP contribution in [0, 0.1) is 13.8 Å². The summed E-state index contributed by atoms with van der Waals surface area (Å²) in [6.07, 6.45) is 1.44. The molecule has 0 unspecified atom stereocenters. The number of nitrogens with zero attached hydrogens (tertiary/aromatic N) is 2. The van der Waals surface area contributed by atoms with E-state index in [4.69, 9.17) is 0 Å². The van der Waals surface area contributed by atoms with Crippen molar-refractivity contribution in [1.82, 2.24) is 4.90 Å². The van der Waals surface area contributed by atoms with E-state index in [9.17, 15) is 4.79 Å². The second kappa shape index (κ2) is 5.21. The van der Waals surface area contributed by atoms with E-state index < -0.39 is 0 Å². The molecule has 1 aromatic carbocycles. The van der Waals surface area contributed by atoms with Crippen molar-refractivity contribution < 1.29 is 4.79 Å². The molecule has 0 atom stereocenters. The van der Waals surface area contributed by atoms with Gasteiger partial charge in [0.25, 0.3) is 0 Å². The fraction of sp³-hybridized carbons (Fsp3) is 0.357. The molecule has 1 fully saturated rings. The molecule has 1 aliphatic heterocycles. The van der Waals surface area contributed by atoms with Crippen molar-refractivity contribution in [3.05, 3.63) is 44.2 Å². The molecule has 1 saturated heterocycles. The number of rotatable bonds is 4. The lowest BCUT2D eigenvalue weighted by Crippen LogP contribution is -2.38. The quantitative estimate of drug-likeness (QED) is 0.780. The van der Waals surface area contributed by atoms with Crippen LogP contribution < -0.4 is 4.90 Å². The number of hydrogen-bond acceptors (Lipinski definition) is 1. The van der Waals surface area contributed by atoms with E-state index in [-0.39, 0.29) is 12.1 Å². The fourth-order valence-corrected chi connectivity index (χ4v) is 2.20. The van der Waals surface area contributed by atoms with Crippen LogP contribution in [0.2, 0.25) is 0 Å². The number of anilines is 1. The zero-order valence-electron chi connectivity index (χ0n) is 10.0. The van der Waals surface area contributed by atoms with Gasteiger partial charge in [0.15, 0.2) is 0 Å². The largest absolute Gasteiger partial charge is 0.324 e. The van der Waals surface area contributed by atoms with Crippen molar-refractivity contribution in [3.63, 3.8) is 0 Å². The average Bonchev–Trinajstić information content (AvgIpc) is 2.75. The van der Waals surface area contributed by atoms with Gasteiger partial charge in [-0.15, -0.1) is 0 Å². The standard InChI is InChI=1S/C14H18N2O/c1-3-12(4-2)15-10-11-16(14(15)17)13-8-6-5-7-9-13/h5-9,12H,1-4,10-11H2. The predicted octanol–water partition coefficient (Wildman–Crippen LogP) is 2.75. The highest BCUT2D eigenvalue weighted by molar-refractivity contribution is 5.94. The summed E-state index contributed by atoms with van der Waals surface area (Å²) < 4.78 is 0. The molecule has 0 spiro atoms. The maximum atomic E-state index is 12.3. The second-order valence-corrected chi connectivity index (χ2v) is 4.19. The predicted molar refractivity (Wildman–Crippen MR) is 69.6 cm³/mol. The molecule has 90 valence electrons.